The molecule has 2 N–H and O–H groups in total. The smallest absolute Gasteiger partial charge is 0.250 e. The quantitative estimate of drug-likeness (QED) is 0.425. The number of carbonyl (C=O) groups excluding carboxylic acids is 3. The molecule has 0 saturated carbocycles. The number of hydrogen-bond acceptors (Lipinski definition) is 4. The van der Waals surface area contributed by atoms with Crippen molar-refractivity contribution < 1.29 is 14.4 Å². The molecule has 0 radical (unpaired) electrons. The molecule has 2 fully saturated rings. The molecule has 4 aliphatic rings. The van der Waals surface area contributed by atoms with Crippen LogP contribution in [0, 0.1) is 5.92 Å². The third kappa shape index (κ3) is 2.53. The Kier molecular flexibility index (Phi) is 4.63. The lowest BCUT2D eigenvalue weighted by atomic mass is 9.60. The van der Waals surface area contributed by atoms with E-state index in [2.05, 4.69) is 31.5 Å². The van der Waals surface area contributed by atoms with Crippen molar-refractivity contribution in [3.8, 4) is 0 Å². The summed E-state index contributed by atoms with van der Waals surface area (Å²) in [5.74, 6) is -1.72. The third-order valence-electron chi connectivity index (χ3n) is 8.48. The van der Waals surface area contributed by atoms with Gasteiger partial charge in [-0.2, -0.15) is 0 Å². The van der Waals surface area contributed by atoms with Crippen LogP contribution in [0.2, 0.25) is 5.02 Å². The zero-order valence-electron chi connectivity index (χ0n) is 19.1. The van der Waals surface area contributed by atoms with E-state index in [1.807, 2.05) is 36.4 Å². The molecule has 3 aromatic carbocycles. The highest BCUT2D eigenvalue weighted by Crippen LogP contribution is 2.66. The number of nitrogens with zero attached hydrogens (tertiary/aromatic N) is 1. The summed E-state index contributed by atoms with van der Waals surface area (Å²) in [7, 11) is 0. The maximum absolute atomic E-state index is 14.7. The summed E-state index contributed by atoms with van der Waals surface area (Å²) in [6.45, 7) is 0.603. The topological polar surface area (TPSA) is 78.5 Å². The minimum atomic E-state index is -1.36. The maximum Gasteiger partial charge on any atom is 0.250 e. The summed E-state index contributed by atoms with van der Waals surface area (Å²) in [6, 6.07) is 19.7. The van der Waals surface area contributed by atoms with Crippen molar-refractivity contribution in [1.29, 1.82) is 0 Å². The molecule has 0 unspecified atom stereocenters. The highest BCUT2D eigenvalue weighted by molar-refractivity contribution is 9.10. The van der Waals surface area contributed by atoms with Crippen molar-refractivity contribution in [1.82, 2.24) is 4.90 Å². The molecular formula is C28H21BrClN3O3. The van der Waals surface area contributed by atoms with Gasteiger partial charge in [0.05, 0.1) is 5.92 Å². The van der Waals surface area contributed by atoms with E-state index in [9.17, 15) is 14.4 Å². The molecule has 2 saturated heterocycles. The van der Waals surface area contributed by atoms with E-state index in [0.29, 0.717) is 40.5 Å². The van der Waals surface area contributed by atoms with Crippen molar-refractivity contribution in [3.63, 3.8) is 0 Å². The summed E-state index contributed by atoms with van der Waals surface area (Å²) in [6.07, 6.45) is 1.53. The average molecular weight is 563 g/mol. The number of amides is 2. The molecule has 3 aromatic rings. The molecule has 8 heteroatoms. The first-order valence-electron chi connectivity index (χ1n) is 12.0. The zero-order valence-corrected chi connectivity index (χ0v) is 21.4. The van der Waals surface area contributed by atoms with Crippen molar-refractivity contribution in [3.05, 3.63) is 92.9 Å². The van der Waals surface area contributed by atoms with Crippen LogP contribution in [-0.2, 0) is 20.5 Å². The Balaban J connectivity index is 1.59. The second-order valence-corrected chi connectivity index (χ2v) is 11.3. The predicted octanol–water partition coefficient (Wildman–Crippen LogP) is 5.12. The molecule has 0 bridgehead atoms. The van der Waals surface area contributed by atoms with Crippen molar-refractivity contribution >= 4 is 56.5 Å². The Morgan fingerprint density at radius 1 is 0.944 bits per heavy atom. The van der Waals surface area contributed by atoms with Crippen LogP contribution in [0.15, 0.2) is 71.2 Å². The number of nitrogens with one attached hydrogen (secondary N) is 2. The average Bonchev–Trinajstić information content (AvgIpc) is 3.58. The minimum absolute atomic E-state index is 0.226. The molecule has 36 heavy (non-hydrogen) atoms. The van der Waals surface area contributed by atoms with Gasteiger partial charge in [0, 0.05) is 38.0 Å². The van der Waals surface area contributed by atoms with Gasteiger partial charge >= 0.3 is 0 Å². The molecule has 2 spiro atoms. The van der Waals surface area contributed by atoms with Crippen LogP contribution in [0.4, 0.5) is 11.4 Å². The van der Waals surface area contributed by atoms with E-state index in [0.717, 1.165) is 16.5 Å². The highest BCUT2D eigenvalue weighted by Gasteiger charge is 2.78. The van der Waals surface area contributed by atoms with Gasteiger partial charge in [0.15, 0.2) is 5.78 Å². The number of rotatable bonds is 2. The Hall–Kier alpha value is -3.00. The van der Waals surface area contributed by atoms with Crippen LogP contribution in [0.5, 0.6) is 0 Å². The van der Waals surface area contributed by atoms with E-state index in [4.69, 9.17) is 11.6 Å². The lowest BCUT2D eigenvalue weighted by molar-refractivity contribution is -0.128. The number of fused-ring (bicyclic) bond motifs is 7. The van der Waals surface area contributed by atoms with Crippen LogP contribution in [0.1, 0.15) is 34.3 Å². The van der Waals surface area contributed by atoms with Crippen LogP contribution in [0.25, 0.3) is 0 Å². The van der Waals surface area contributed by atoms with Gasteiger partial charge < -0.3 is 10.6 Å². The number of anilines is 2. The van der Waals surface area contributed by atoms with Gasteiger partial charge in [-0.1, -0.05) is 57.9 Å². The van der Waals surface area contributed by atoms with Crippen LogP contribution >= 0.6 is 27.5 Å². The van der Waals surface area contributed by atoms with Gasteiger partial charge in [-0.05, 0) is 61.3 Å². The third-order valence-corrected chi connectivity index (χ3v) is 9.24. The highest BCUT2D eigenvalue weighted by atomic mass is 79.9. The van der Waals surface area contributed by atoms with Gasteiger partial charge in [-0.3, -0.25) is 19.3 Å². The number of carbonyl (C=O) groups is 3. The Labute approximate surface area is 221 Å². The molecule has 0 aromatic heterocycles. The maximum atomic E-state index is 14.7. The van der Waals surface area contributed by atoms with E-state index in [-0.39, 0.29) is 23.6 Å². The van der Waals surface area contributed by atoms with Crippen molar-refractivity contribution in [2.45, 2.75) is 29.8 Å². The Bertz CT molecular complexity index is 1490. The van der Waals surface area contributed by atoms with Crippen molar-refractivity contribution in [2.24, 2.45) is 5.92 Å². The Morgan fingerprint density at radius 2 is 1.67 bits per heavy atom. The number of hydrogen-bond donors (Lipinski definition) is 2. The fourth-order valence-corrected chi connectivity index (χ4v) is 7.73. The van der Waals surface area contributed by atoms with Gasteiger partial charge in [0.1, 0.15) is 11.0 Å². The van der Waals surface area contributed by atoms with Gasteiger partial charge in [-0.15, -0.1) is 0 Å². The summed E-state index contributed by atoms with van der Waals surface area (Å²) in [5.41, 5.74) is 0.651. The van der Waals surface area contributed by atoms with E-state index < -0.39 is 16.9 Å². The SMILES string of the molecule is O=C(c1ccc(Br)cc1)[C@@H]1[C@@]2(C(=O)Nc3ccccc32)[C@@H]2CCCN2[C@@]12C(=O)Nc1ccc(Cl)cc12. The first-order chi connectivity index (χ1) is 17.4. The molecule has 6 nitrogen and oxygen atoms in total. The lowest BCUT2D eigenvalue weighted by Gasteiger charge is -2.38. The molecule has 4 heterocycles. The number of para-hydroxylation sites is 1. The molecular weight excluding hydrogens is 542 g/mol. The molecule has 0 aliphatic carbocycles. The van der Waals surface area contributed by atoms with E-state index in [1.165, 1.54) is 0 Å². The molecule has 7 rings (SSSR count). The fourth-order valence-electron chi connectivity index (χ4n) is 7.30. The van der Waals surface area contributed by atoms with Crippen LogP contribution in [0.3, 0.4) is 0 Å². The molecule has 4 atom stereocenters. The van der Waals surface area contributed by atoms with E-state index in [1.54, 1.807) is 30.3 Å². The number of ketones is 1. The van der Waals surface area contributed by atoms with Crippen LogP contribution < -0.4 is 10.6 Å². The van der Waals surface area contributed by atoms with Gasteiger partial charge in [-0.25, -0.2) is 0 Å². The lowest BCUT2D eigenvalue weighted by Crippen LogP contribution is -2.55. The largest absolute Gasteiger partial charge is 0.325 e. The van der Waals surface area contributed by atoms with Crippen LogP contribution in [-0.4, -0.2) is 35.1 Å². The van der Waals surface area contributed by atoms with Gasteiger partial charge in [0.2, 0.25) is 11.8 Å². The molecule has 2 amide bonds. The van der Waals surface area contributed by atoms with Crippen molar-refractivity contribution in [2.75, 3.05) is 17.2 Å². The minimum Gasteiger partial charge on any atom is -0.325 e. The summed E-state index contributed by atoms with van der Waals surface area (Å²) < 4.78 is 0.843. The second kappa shape index (κ2) is 7.51. The van der Waals surface area contributed by atoms with E-state index >= 15 is 0 Å². The van der Waals surface area contributed by atoms with Gasteiger partial charge in [0.25, 0.3) is 0 Å². The number of halogens is 2. The number of benzene rings is 3. The summed E-state index contributed by atoms with van der Waals surface area (Å²) in [5, 5.41) is 6.57. The monoisotopic (exact) mass is 561 g/mol. The first kappa shape index (κ1) is 22.2. The summed E-state index contributed by atoms with van der Waals surface area (Å²) >= 11 is 9.92. The molecule has 4 aliphatic heterocycles. The zero-order chi connectivity index (χ0) is 24.8. The fraction of sp³-hybridized carbons (Fsp3) is 0.250. The standard InChI is InChI=1S/C28H21BrClN3O3/c29-16-9-7-15(8-10-16)23(34)24-27(18-4-1-2-5-20(18)31-25(27)35)22-6-3-13-33(22)28(24)19-14-17(30)11-12-21(19)32-26(28)36/h1-2,4-5,7-12,14,22,24H,3,6,13H2,(H,31,35)(H,32,36)/t22-,24+,27-,28+/m0/s1. The molecule has 180 valence electrons. The Morgan fingerprint density at radius 3 is 2.47 bits per heavy atom. The summed E-state index contributed by atoms with van der Waals surface area (Å²) in [4.78, 5) is 45.1. The number of Topliss-reactive ketones (excluding diaryl/α,β-unsaturated/α-hetero) is 1. The first-order valence-corrected chi connectivity index (χ1v) is 13.2. The second-order valence-electron chi connectivity index (χ2n) is 9.93. The normalized spacial score (nSPS) is 29.8. The predicted molar refractivity (Wildman–Crippen MR) is 140 cm³/mol.